The first-order valence-corrected chi connectivity index (χ1v) is 6.96. The molecule has 0 saturated carbocycles. The topological polar surface area (TPSA) is 69.8 Å². The molecule has 0 aliphatic rings. The van der Waals surface area contributed by atoms with E-state index in [0.717, 1.165) is 19.5 Å². The van der Waals surface area contributed by atoms with Gasteiger partial charge in [-0.05, 0) is 34.0 Å². The number of nitro groups is 1. The summed E-state index contributed by atoms with van der Waals surface area (Å²) in [5.74, 6) is 0. The summed E-state index contributed by atoms with van der Waals surface area (Å²) in [6.45, 7) is 3.30. The largest absolute Gasteiger partial charge is 0.388 e. The fourth-order valence-electron chi connectivity index (χ4n) is 1.73. The predicted molar refractivity (Wildman–Crippen MR) is 78.0 cm³/mol. The molecule has 0 spiro atoms. The van der Waals surface area contributed by atoms with Gasteiger partial charge < -0.3 is 14.9 Å². The number of aliphatic hydroxyl groups excluding tert-OH is 1. The molecule has 1 aromatic rings. The SMILES string of the molecule is CC(O)c1cc([N+](=O)[O-])c(N(C)CCCN(C)C)s1. The van der Waals surface area contributed by atoms with Crippen LogP contribution in [0, 0.1) is 10.1 Å². The molecular weight excluding hydrogens is 266 g/mol. The number of thiophene rings is 1. The summed E-state index contributed by atoms with van der Waals surface area (Å²) in [5, 5.41) is 21.2. The van der Waals surface area contributed by atoms with E-state index in [1.807, 2.05) is 26.0 Å². The van der Waals surface area contributed by atoms with E-state index in [4.69, 9.17) is 0 Å². The minimum atomic E-state index is -0.673. The highest BCUT2D eigenvalue weighted by Crippen LogP contribution is 2.39. The maximum atomic E-state index is 11.0. The molecule has 0 bridgehead atoms. The van der Waals surface area contributed by atoms with Gasteiger partial charge in [-0.3, -0.25) is 10.1 Å². The van der Waals surface area contributed by atoms with Crippen molar-refractivity contribution < 1.29 is 10.0 Å². The summed E-state index contributed by atoms with van der Waals surface area (Å²) < 4.78 is 0. The molecule has 0 fully saturated rings. The van der Waals surface area contributed by atoms with Crippen molar-refractivity contribution in [3.63, 3.8) is 0 Å². The van der Waals surface area contributed by atoms with Crippen LogP contribution in [0.1, 0.15) is 24.3 Å². The van der Waals surface area contributed by atoms with Gasteiger partial charge in [0.05, 0.1) is 11.0 Å². The summed E-state index contributed by atoms with van der Waals surface area (Å²) in [7, 11) is 5.85. The number of hydrogen-bond donors (Lipinski definition) is 1. The van der Waals surface area contributed by atoms with Crippen LogP contribution in [0.2, 0.25) is 0 Å². The Kier molecular flexibility index (Phi) is 5.71. The summed E-state index contributed by atoms with van der Waals surface area (Å²) >= 11 is 1.28. The van der Waals surface area contributed by atoms with Crippen LogP contribution in [0.4, 0.5) is 10.7 Å². The van der Waals surface area contributed by atoms with Crippen molar-refractivity contribution in [2.75, 3.05) is 39.1 Å². The van der Waals surface area contributed by atoms with Crippen molar-refractivity contribution >= 4 is 22.0 Å². The minimum Gasteiger partial charge on any atom is -0.388 e. The first kappa shape index (κ1) is 15.9. The van der Waals surface area contributed by atoms with Crippen molar-refractivity contribution in [2.24, 2.45) is 0 Å². The molecule has 1 N–H and O–H groups in total. The second-order valence-electron chi connectivity index (χ2n) is 4.85. The number of nitrogens with zero attached hydrogens (tertiary/aromatic N) is 3. The fraction of sp³-hybridized carbons (Fsp3) is 0.667. The van der Waals surface area contributed by atoms with Crippen molar-refractivity contribution in [1.29, 1.82) is 0 Å². The third kappa shape index (κ3) is 4.45. The normalized spacial score (nSPS) is 12.7. The molecule has 0 saturated heterocycles. The lowest BCUT2D eigenvalue weighted by Crippen LogP contribution is -2.23. The van der Waals surface area contributed by atoms with E-state index in [1.54, 1.807) is 6.92 Å². The van der Waals surface area contributed by atoms with Gasteiger partial charge in [-0.15, -0.1) is 11.3 Å². The predicted octanol–water partition coefficient (Wildman–Crippen LogP) is 2.10. The Morgan fingerprint density at radius 1 is 1.42 bits per heavy atom. The van der Waals surface area contributed by atoms with Gasteiger partial charge in [0.25, 0.3) is 0 Å². The summed E-state index contributed by atoms with van der Waals surface area (Å²) in [6, 6.07) is 1.47. The number of rotatable bonds is 7. The Balaban J connectivity index is 2.82. The molecule has 0 aliphatic carbocycles. The van der Waals surface area contributed by atoms with Crippen LogP contribution in [0.5, 0.6) is 0 Å². The average molecular weight is 287 g/mol. The van der Waals surface area contributed by atoms with Gasteiger partial charge in [0.1, 0.15) is 0 Å². The second kappa shape index (κ2) is 6.83. The zero-order valence-electron chi connectivity index (χ0n) is 11.8. The molecule has 1 atom stereocenters. The Bertz CT molecular complexity index is 432. The molecule has 108 valence electrons. The third-order valence-electron chi connectivity index (χ3n) is 2.77. The molecule has 7 heteroatoms. The van der Waals surface area contributed by atoms with Crippen LogP contribution in [0.3, 0.4) is 0 Å². The highest BCUT2D eigenvalue weighted by molar-refractivity contribution is 7.16. The number of hydrogen-bond acceptors (Lipinski definition) is 6. The molecule has 0 radical (unpaired) electrons. The number of anilines is 1. The fourth-order valence-corrected chi connectivity index (χ4v) is 2.78. The minimum absolute atomic E-state index is 0.0771. The lowest BCUT2D eigenvalue weighted by molar-refractivity contribution is -0.383. The second-order valence-corrected chi connectivity index (χ2v) is 5.91. The van der Waals surface area contributed by atoms with Crippen LogP contribution in [0.15, 0.2) is 6.07 Å². The summed E-state index contributed by atoms with van der Waals surface area (Å²) in [6.07, 6.45) is 0.260. The first-order valence-electron chi connectivity index (χ1n) is 6.15. The molecule has 6 nitrogen and oxygen atoms in total. The van der Waals surface area contributed by atoms with Gasteiger partial charge >= 0.3 is 5.69 Å². The highest BCUT2D eigenvalue weighted by atomic mass is 32.1. The maximum absolute atomic E-state index is 11.0. The van der Waals surface area contributed by atoms with E-state index in [0.29, 0.717) is 9.88 Å². The quantitative estimate of drug-likeness (QED) is 0.614. The van der Waals surface area contributed by atoms with Gasteiger partial charge in [-0.1, -0.05) is 0 Å². The molecule has 1 aromatic heterocycles. The van der Waals surface area contributed by atoms with Gasteiger partial charge in [0, 0.05) is 24.5 Å². The van der Waals surface area contributed by atoms with Crippen LogP contribution >= 0.6 is 11.3 Å². The third-order valence-corrected chi connectivity index (χ3v) is 4.18. The van der Waals surface area contributed by atoms with Crippen molar-refractivity contribution in [3.05, 3.63) is 21.1 Å². The molecule has 1 unspecified atom stereocenters. The first-order chi connectivity index (χ1) is 8.82. The van der Waals surface area contributed by atoms with Gasteiger partial charge in [0.2, 0.25) is 0 Å². The van der Waals surface area contributed by atoms with Gasteiger partial charge in [-0.2, -0.15) is 0 Å². The van der Waals surface area contributed by atoms with E-state index in [1.165, 1.54) is 17.4 Å². The Labute approximate surface area is 117 Å². The standard InChI is InChI=1S/C12H21N3O3S/c1-9(16)11-8-10(15(17)18)12(19-11)14(4)7-5-6-13(2)3/h8-9,16H,5-7H2,1-4H3. The lowest BCUT2D eigenvalue weighted by atomic mass is 10.3. The Morgan fingerprint density at radius 2 is 2.05 bits per heavy atom. The molecule has 19 heavy (non-hydrogen) atoms. The van der Waals surface area contributed by atoms with E-state index >= 15 is 0 Å². The molecule has 1 rings (SSSR count). The zero-order chi connectivity index (χ0) is 14.6. The van der Waals surface area contributed by atoms with E-state index in [-0.39, 0.29) is 10.6 Å². The smallest absolute Gasteiger partial charge is 0.304 e. The maximum Gasteiger partial charge on any atom is 0.304 e. The van der Waals surface area contributed by atoms with Gasteiger partial charge in [0.15, 0.2) is 5.00 Å². The van der Waals surface area contributed by atoms with Crippen molar-refractivity contribution in [1.82, 2.24) is 4.90 Å². The van der Waals surface area contributed by atoms with Crippen LogP contribution in [0.25, 0.3) is 0 Å². The lowest BCUT2D eigenvalue weighted by Gasteiger charge is -2.18. The van der Waals surface area contributed by atoms with E-state index in [9.17, 15) is 15.2 Å². The van der Waals surface area contributed by atoms with E-state index < -0.39 is 6.10 Å². The van der Waals surface area contributed by atoms with Gasteiger partial charge in [-0.25, -0.2) is 0 Å². The summed E-state index contributed by atoms with van der Waals surface area (Å²) in [5.41, 5.74) is 0.0771. The zero-order valence-corrected chi connectivity index (χ0v) is 12.6. The van der Waals surface area contributed by atoms with Crippen LogP contribution < -0.4 is 4.90 Å². The molecular formula is C12H21N3O3S. The number of aliphatic hydroxyl groups is 1. The monoisotopic (exact) mass is 287 g/mol. The highest BCUT2D eigenvalue weighted by Gasteiger charge is 2.23. The Morgan fingerprint density at radius 3 is 2.53 bits per heavy atom. The molecule has 0 amide bonds. The van der Waals surface area contributed by atoms with Crippen LogP contribution in [-0.2, 0) is 0 Å². The molecule has 0 aromatic carbocycles. The van der Waals surface area contributed by atoms with E-state index in [2.05, 4.69) is 4.90 Å². The van der Waals surface area contributed by atoms with Crippen molar-refractivity contribution in [2.45, 2.75) is 19.4 Å². The molecule has 0 aliphatic heterocycles. The van der Waals surface area contributed by atoms with Crippen molar-refractivity contribution in [3.8, 4) is 0 Å². The van der Waals surface area contributed by atoms with Crippen LogP contribution in [-0.4, -0.2) is 49.2 Å². The average Bonchev–Trinajstić information content (AvgIpc) is 2.73. The molecule has 1 heterocycles. The summed E-state index contributed by atoms with van der Waals surface area (Å²) in [4.78, 5) is 15.2. The Hall–Kier alpha value is -1.18.